The van der Waals surface area contributed by atoms with Crippen LogP contribution in [0.2, 0.25) is 0 Å². The fraction of sp³-hybridized carbons (Fsp3) is 0.579. The first-order valence-corrected chi connectivity index (χ1v) is 9.10. The van der Waals surface area contributed by atoms with Crippen molar-refractivity contribution >= 4 is 35.8 Å². The summed E-state index contributed by atoms with van der Waals surface area (Å²) >= 11 is 0. The number of halogens is 1. The lowest BCUT2D eigenvalue weighted by Crippen LogP contribution is -2.37. The lowest BCUT2D eigenvalue weighted by molar-refractivity contribution is 0.0955. The molecule has 0 spiro atoms. The van der Waals surface area contributed by atoms with Crippen LogP contribution in [0, 0.1) is 0 Å². The van der Waals surface area contributed by atoms with Crippen LogP contribution in [0.15, 0.2) is 29.3 Å². The van der Waals surface area contributed by atoms with Gasteiger partial charge in [-0.25, -0.2) is 4.99 Å². The van der Waals surface area contributed by atoms with E-state index in [9.17, 15) is 4.79 Å². The van der Waals surface area contributed by atoms with E-state index in [0.717, 1.165) is 31.0 Å². The van der Waals surface area contributed by atoms with Crippen molar-refractivity contribution in [2.75, 3.05) is 19.6 Å². The first-order chi connectivity index (χ1) is 11.7. The molecule has 0 fully saturated rings. The molecule has 25 heavy (non-hydrogen) atoms. The van der Waals surface area contributed by atoms with Crippen molar-refractivity contribution in [2.24, 2.45) is 4.99 Å². The van der Waals surface area contributed by atoms with Crippen molar-refractivity contribution in [3.05, 3.63) is 35.4 Å². The molecule has 1 aromatic rings. The van der Waals surface area contributed by atoms with Crippen LogP contribution >= 0.6 is 24.0 Å². The largest absolute Gasteiger partial charge is 0.357 e. The number of hydrogen-bond donors (Lipinski definition) is 3. The number of benzene rings is 1. The van der Waals surface area contributed by atoms with E-state index in [1.165, 1.54) is 19.3 Å². The monoisotopic (exact) mass is 460 g/mol. The predicted octanol–water partition coefficient (Wildman–Crippen LogP) is 3.69. The van der Waals surface area contributed by atoms with Crippen LogP contribution in [-0.2, 0) is 6.54 Å². The second-order valence-electron chi connectivity index (χ2n) is 5.74. The first kappa shape index (κ1) is 23.7. The van der Waals surface area contributed by atoms with Crippen LogP contribution < -0.4 is 16.0 Å². The summed E-state index contributed by atoms with van der Waals surface area (Å²) in [5, 5.41) is 9.45. The lowest BCUT2D eigenvalue weighted by Gasteiger charge is -2.11. The molecule has 0 bridgehead atoms. The fourth-order valence-corrected chi connectivity index (χ4v) is 2.34. The number of rotatable bonds is 10. The van der Waals surface area contributed by atoms with Gasteiger partial charge in [0.25, 0.3) is 5.91 Å². The fourth-order valence-electron chi connectivity index (χ4n) is 2.34. The normalized spacial score (nSPS) is 10.8. The zero-order chi connectivity index (χ0) is 17.6. The van der Waals surface area contributed by atoms with Crippen molar-refractivity contribution in [3.63, 3.8) is 0 Å². The summed E-state index contributed by atoms with van der Waals surface area (Å²) in [6.07, 6.45) is 4.93. The molecule has 0 saturated heterocycles. The number of unbranched alkanes of at least 4 members (excludes halogenated alkanes) is 3. The highest BCUT2D eigenvalue weighted by molar-refractivity contribution is 14.0. The summed E-state index contributed by atoms with van der Waals surface area (Å²) in [7, 11) is 0. The molecular formula is C19H33IN4O. The molecule has 0 saturated carbocycles. The minimum Gasteiger partial charge on any atom is -0.357 e. The maximum Gasteiger partial charge on any atom is 0.251 e. The molecule has 0 aliphatic rings. The minimum atomic E-state index is -0.0377. The standard InChI is InChI=1S/C19H32N4O.HI/c1-4-7-8-9-13-22-19(21-6-3)23-15-16-11-10-12-17(14-16)18(24)20-5-2;/h10-12,14H,4-9,13,15H2,1-3H3,(H,20,24)(H2,21,22,23);1H. The van der Waals surface area contributed by atoms with E-state index in [-0.39, 0.29) is 29.9 Å². The third-order valence-electron chi connectivity index (χ3n) is 3.61. The van der Waals surface area contributed by atoms with Crippen molar-refractivity contribution in [3.8, 4) is 0 Å². The van der Waals surface area contributed by atoms with Gasteiger partial charge in [0.15, 0.2) is 5.96 Å². The Bertz CT molecular complexity index is 520. The average Bonchev–Trinajstić information content (AvgIpc) is 2.60. The Labute approximate surface area is 169 Å². The third-order valence-corrected chi connectivity index (χ3v) is 3.61. The Kier molecular flexibility index (Phi) is 14.2. The van der Waals surface area contributed by atoms with Gasteiger partial charge in [-0.05, 0) is 38.0 Å². The maximum absolute atomic E-state index is 11.9. The Morgan fingerprint density at radius 3 is 2.44 bits per heavy atom. The second kappa shape index (κ2) is 15.0. The number of amides is 1. The highest BCUT2D eigenvalue weighted by atomic mass is 127. The summed E-state index contributed by atoms with van der Waals surface area (Å²) in [6, 6.07) is 7.63. The Morgan fingerprint density at radius 2 is 1.76 bits per heavy atom. The van der Waals surface area contributed by atoms with Gasteiger partial charge in [-0.3, -0.25) is 4.79 Å². The smallest absolute Gasteiger partial charge is 0.251 e. The van der Waals surface area contributed by atoms with E-state index in [1.54, 1.807) is 0 Å². The van der Waals surface area contributed by atoms with Crippen LogP contribution in [0.5, 0.6) is 0 Å². The van der Waals surface area contributed by atoms with E-state index < -0.39 is 0 Å². The summed E-state index contributed by atoms with van der Waals surface area (Å²) in [5.74, 6) is 0.793. The number of guanidine groups is 1. The molecule has 142 valence electrons. The van der Waals surface area contributed by atoms with Crippen LogP contribution in [0.1, 0.15) is 62.4 Å². The quantitative estimate of drug-likeness (QED) is 0.216. The van der Waals surface area contributed by atoms with Crippen molar-refractivity contribution in [2.45, 2.75) is 53.0 Å². The molecule has 6 heteroatoms. The van der Waals surface area contributed by atoms with Gasteiger partial charge in [-0.15, -0.1) is 24.0 Å². The zero-order valence-corrected chi connectivity index (χ0v) is 18.1. The van der Waals surface area contributed by atoms with Gasteiger partial charge in [0.2, 0.25) is 0 Å². The van der Waals surface area contributed by atoms with Crippen LogP contribution in [0.3, 0.4) is 0 Å². The number of carbonyl (C=O) groups excluding carboxylic acids is 1. The Balaban J connectivity index is 0.00000576. The van der Waals surface area contributed by atoms with Gasteiger partial charge in [0, 0.05) is 25.2 Å². The molecule has 3 N–H and O–H groups in total. The van der Waals surface area contributed by atoms with Gasteiger partial charge < -0.3 is 16.0 Å². The number of nitrogens with zero attached hydrogens (tertiary/aromatic N) is 1. The molecule has 0 atom stereocenters. The second-order valence-corrected chi connectivity index (χ2v) is 5.74. The van der Waals surface area contributed by atoms with Crippen LogP contribution in [0.4, 0.5) is 0 Å². The summed E-state index contributed by atoms with van der Waals surface area (Å²) in [6.45, 7) is 9.15. The number of carbonyl (C=O) groups is 1. The number of hydrogen-bond acceptors (Lipinski definition) is 2. The van der Waals surface area contributed by atoms with Crippen LogP contribution in [0.25, 0.3) is 0 Å². The molecule has 0 aliphatic heterocycles. The Hall–Kier alpha value is -1.31. The molecular weight excluding hydrogens is 427 g/mol. The lowest BCUT2D eigenvalue weighted by atomic mass is 10.1. The topological polar surface area (TPSA) is 65.5 Å². The third kappa shape index (κ3) is 10.3. The summed E-state index contributed by atoms with van der Waals surface area (Å²) < 4.78 is 0. The van der Waals surface area contributed by atoms with E-state index in [0.29, 0.717) is 18.7 Å². The van der Waals surface area contributed by atoms with E-state index in [1.807, 2.05) is 31.2 Å². The molecule has 0 heterocycles. The minimum absolute atomic E-state index is 0. The molecule has 1 rings (SSSR count). The van der Waals surface area contributed by atoms with Crippen molar-refractivity contribution in [1.29, 1.82) is 0 Å². The molecule has 0 aliphatic carbocycles. The summed E-state index contributed by atoms with van der Waals surface area (Å²) in [4.78, 5) is 16.5. The first-order valence-electron chi connectivity index (χ1n) is 9.10. The van der Waals surface area contributed by atoms with E-state index >= 15 is 0 Å². The zero-order valence-electron chi connectivity index (χ0n) is 15.7. The maximum atomic E-state index is 11.9. The van der Waals surface area contributed by atoms with Crippen molar-refractivity contribution in [1.82, 2.24) is 16.0 Å². The number of aliphatic imine (C=N–C) groups is 1. The predicted molar refractivity (Wildman–Crippen MR) is 117 cm³/mol. The number of nitrogens with one attached hydrogen (secondary N) is 3. The van der Waals surface area contributed by atoms with Crippen molar-refractivity contribution < 1.29 is 4.79 Å². The molecule has 1 aromatic carbocycles. The van der Waals surface area contributed by atoms with Gasteiger partial charge in [0.05, 0.1) is 6.54 Å². The van der Waals surface area contributed by atoms with Crippen LogP contribution in [-0.4, -0.2) is 31.5 Å². The van der Waals surface area contributed by atoms with Gasteiger partial charge in [-0.2, -0.15) is 0 Å². The van der Waals surface area contributed by atoms with Gasteiger partial charge >= 0.3 is 0 Å². The molecule has 0 radical (unpaired) electrons. The highest BCUT2D eigenvalue weighted by Crippen LogP contribution is 2.07. The Morgan fingerprint density at radius 1 is 1.00 bits per heavy atom. The van der Waals surface area contributed by atoms with Gasteiger partial charge in [0.1, 0.15) is 0 Å². The summed E-state index contributed by atoms with van der Waals surface area (Å²) in [5.41, 5.74) is 1.71. The SMILES string of the molecule is CCCCCCNC(=NCc1cccc(C(=O)NCC)c1)NCC.I. The average molecular weight is 460 g/mol. The molecule has 1 amide bonds. The molecule has 5 nitrogen and oxygen atoms in total. The molecule has 0 unspecified atom stereocenters. The van der Waals surface area contributed by atoms with E-state index in [4.69, 9.17) is 0 Å². The van der Waals surface area contributed by atoms with E-state index in [2.05, 4.69) is 34.8 Å². The highest BCUT2D eigenvalue weighted by Gasteiger charge is 2.04. The molecule has 0 aromatic heterocycles. The van der Waals surface area contributed by atoms with Gasteiger partial charge in [-0.1, -0.05) is 38.3 Å².